The molecule has 1 aromatic rings. The lowest BCUT2D eigenvalue weighted by Gasteiger charge is -2.21. The number of aromatic nitrogens is 2. The molecule has 4 atom stereocenters. The summed E-state index contributed by atoms with van der Waals surface area (Å²) in [7, 11) is 0. The van der Waals surface area contributed by atoms with Crippen molar-refractivity contribution in [2.75, 3.05) is 6.61 Å². The number of nitrogens with one attached hydrogen (secondary N) is 1. The van der Waals surface area contributed by atoms with Gasteiger partial charge in [0.25, 0.3) is 5.56 Å². The van der Waals surface area contributed by atoms with Crippen LogP contribution in [-0.4, -0.2) is 38.1 Å². The zero-order valence-corrected chi connectivity index (χ0v) is 11.0. The van der Waals surface area contributed by atoms with Crippen LogP contribution in [0.15, 0.2) is 15.8 Å². The highest BCUT2D eigenvalue weighted by molar-refractivity contribution is 5.13. The first-order valence-corrected chi connectivity index (χ1v) is 6.06. The van der Waals surface area contributed by atoms with Crippen LogP contribution < -0.4 is 11.2 Å². The summed E-state index contributed by atoms with van der Waals surface area (Å²) in [5.74, 6) is -0.607. The quantitative estimate of drug-likeness (QED) is 0.613. The summed E-state index contributed by atoms with van der Waals surface area (Å²) in [5, 5.41) is 28.4. The molecule has 0 bridgehead atoms. The van der Waals surface area contributed by atoms with Gasteiger partial charge in [-0.25, -0.2) is 4.79 Å². The topological polar surface area (TPSA) is 128 Å². The maximum absolute atomic E-state index is 11.8. The van der Waals surface area contributed by atoms with Crippen LogP contribution in [0.2, 0.25) is 0 Å². The minimum Gasteiger partial charge on any atom is -0.392 e. The van der Waals surface area contributed by atoms with E-state index in [0.717, 1.165) is 4.57 Å². The Morgan fingerprint density at radius 1 is 1.60 bits per heavy atom. The van der Waals surface area contributed by atoms with Crippen molar-refractivity contribution in [3.63, 3.8) is 0 Å². The first-order chi connectivity index (χ1) is 9.36. The molecule has 0 radical (unpaired) electrons. The molecule has 1 saturated heterocycles. The predicted octanol–water partition coefficient (Wildman–Crippen LogP) is -1.37. The fourth-order valence-electron chi connectivity index (χ4n) is 2.32. The van der Waals surface area contributed by atoms with Crippen LogP contribution >= 0.6 is 0 Å². The Labute approximate surface area is 113 Å². The Hall–Kier alpha value is -1.95. The molecule has 0 aliphatic carbocycles. The molecule has 2 heterocycles. The monoisotopic (exact) mass is 281 g/mol. The molecule has 108 valence electrons. The molecule has 8 heteroatoms. The second kappa shape index (κ2) is 4.86. The Morgan fingerprint density at radius 3 is 2.75 bits per heavy atom. The molecule has 20 heavy (non-hydrogen) atoms. The van der Waals surface area contributed by atoms with Crippen LogP contribution in [0.4, 0.5) is 0 Å². The molecule has 1 aromatic heterocycles. The van der Waals surface area contributed by atoms with Gasteiger partial charge in [-0.1, -0.05) is 6.92 Å². The van der Waals surface area contributed by atoms with Gasteiger partial charge in [-0.3, -0.25) is 14.3 Å². The molecular weight excluding hydrogens is 266 g/mol. The number of ether oxygens (including phenoxy) is 1. The van der Waals surface area contributed by atoms with Crippen molar-refractivity contribution in [1.29, 1.82) is 5.26 Å². The van der Waals surface area contributed by atoms with E-state index in [2.05, 4.69) is 4.98 Å². The molecule has 1 aliphatic heterocycles. The van der Waals surface area contributed by atoms with Crippen molar-refractivity contribution >= 4 is 0 Å². The van der Waals surface area contributed by atoms with E-state index in [9.17, 15) is 19.8 Å². The minimum absolute atomic E-state index is 0.299. The third-order valence-corrected chi connectivity index (χ3v) is 3.60. The molecule has 2 rings (SSSR count). The number of nitrogens with zero attached hydrogens (tertiary/aromatic N) is 2. The van der Waals surface area contributed by atoms with Crippen LogP contribution in [0.25, 0.3) is 0 Å². The number of hydrogen-bond donors (Lipinski definition) is 3. The van der Waals surface area contributed by atoms with Gasteiger partial charge in [0, 0.05) is 17.7 Å². The number of hydrogen-bond acceptors (Lipinski definition) is 6. The zero-order valence-electron chi connectivity index (χ0n) is 11.0. The Balaban J connectivity index is 2.51. The molecule has 0 spiro atoms. The fourth-order valence-corrected chi connectivity index (χ4v) is 2.32. The summed E-state index contributed by atoms with van der Waals surface area (Å²) in [6.07, 6.45) is -0.888. The first kappa shape index (κ1) is 14.5. The summed E-state index contributed by atoms with van der Waals surface area (Å²) >= 11 is 0. The lowest BCUT2D eigenvalue weighted by Crippen LogP contribution is -2.43. The first-order valence-electron chi connectivity index (χ1n) is 6.06. The van der Waals surface area contributed by atoms with Crippen molar-refractivity contribution in [1.82, 2.24) is 9.55 Å². The SMILES string of the molecule is Cc1cn([C@@H]2O[C@](C#N)(CO)[C@@H](O)[C@@H]2C)c(=O)[nH]c1=O. The smallest absolute Gasteiger partial charge is 0.330 e. The number of aromatic amines is 1. The van der Waals surface area contributed by atoms with E-state index in [0.29, 0.717) is 5.56 Å². The normalized spacial score (nSPS) is 33.0. The standard InChI is InChI=1S/C12H15N3O5/c1-6-3-15(11(19)14-9(6)18)10-7(2)8(17)12(4-13,5-16)20-10/h3,7-8,10,16-17H,5H2,1-2H3,(H,14,18,19)/t7-,8-,10+,12+/m0/s1. The molecule has 0 aromatic carbocycles. The van der Waals surface area contributed by atoms with E-state index >= 15 is 0 Å². The minimum atomic E-state index is -1.77. The van der Waals surface area contributed by atoms with Gasteiger partial charge in [-0.05, 0) is 6.92 Å². The van der Waals surface area contributed by atoms with Gasteiger partial charge in [0.15, 0.2) is 0 Å². The third-order valence-electron chi connectivity index (χ3n) is 3.60. The van der Waals surface area contributed by atoms with E-state index in [1.54, 1.807) is 13.0 Å². The van der Waals surface area contributed by atoms with Gasteiger partial charge < -0.3 is 14.9 Å². The van der Waals surface area contributed by atoms with Crippen molar-refractivity contribution < 1.29 is 14.9 Å². The van der Waals surface area contributed by atoms with Crippen molar-refractivity contribution in [3.8, 4) is 6.07 Å². The van der Waals surface area contributed by atoms with Gasteiger partial charge in [0.05, 0.1) is 6.61 Å². The second-order valence-corrected chi connectivity index (χ2v) is 4.95. The largest absolute Gasteiger partial charge is 0.392 e. The number of aryl methyl sites for hydroxylation is 1. The van der Waals surface area contributed by atoms with Crippen LogP contribution in [0.5, 0.6) is 0 Å². The van der Waals surface area contributed by atoms with Gasteiger partial charge in [0.2, 0.25) is 5.60 Å². The summed E-state index contributed by atoms with van der Waals surface area (Å²) in [5.41, 5.74) is -2.68. The Kier molecular flexibility index (Phi) is 3.52. The molecule has 1 aliphatic rings. The maximum Gasteiger partial charge on any atom is 0.330 e. The number of H-pyrrole nitrogens is 1. The fraction of sp³-hybridized carbons (Fsp3) is 0.583. The summed E-state index contributed by atoms with van der Waals surface area (Å²) in [6.45, 7) is 2.42. The van der Waals surface area contributed by atoms with Gasteiger partial charge in [-0.2, -0.15) is 5.26 Å². The van der Waals surface area contributed by atoms with E-state index < -0.39 is 41.7 Å². The molecule has 1 fully saturated rings. The van der Waals surface area contributed by atoms with Crippen LogP contribution in [0, 0.1) is 24.2 Å². The van der Waals surface area contributed by atoms with Crippen LogP contribution in [0.1, 0.15) is 18.7 Å². The number of aliphatic hydroxyl groups excluding tert-OH is 2. The molecular formula is C12H15N3O5. The highest BCUT2D eigenvalue weighted by Gasteiger charge is 2.54. The number of rotatable bonds is 2. The average Bonchev–Trinajstić information content (AvgIpc) is 2.68. The molecule has 0 unspecified atom stereocenters. The van der Waals surface area contributed by atoms with Crippen LogP contribution in [0.3, 0.4) is 0 Å². The van der Waals surface area contributed by atoms with E-state index in [4.69, 9.17) is 10.00 Å². The van der Waals surface area contributed by atoms with E-state index in [-0.39, 0.29) is 0 Å². The summed E-state index contributed by atoms with van der Waals surface area (Å²) in [4.78, 5) is 25.3. The summed E-state index contributed by atoms with van der Waals surface area (Å²) in [6, 6.07) is 1.74. The van der Waals surface area contributed by atoms with Crippen molar-refractivity contribution in [2.24, 2.45) is 5.92 Å². The summed E-state index contributed by atoms with van der Waals surface area (Å²) < 4.78 is 6.52. The van der Waals surface area contributed by atoms with E-state index in [1.165, 1.54) is 13.1 Å². The molecule has 0 saturated carbocycles. The average molecular weight is 281 g/mol. The Bertz CT molecular complexity index is 673. The molecule has 8 nitrogen and oxygen atoms in total. The van der Waals surface area contributed by atoms with Crippen molar-refractivity contribution in [2.45, 2.75) is 31.8 Å². The van der Waals surface area contributed by atoms with Gasteiger partial charge in [-0.15, -0.1) is 0 Å². The van der Waals surface area contributed by atoms with Crippen LogP contribution in [-0.2, 0) is 4.74 Å². The molecule has 0 amide bonds. The number of nitriles is 1. The second-order valence-electron chi connectivity index (χ2n) is 4.95. The predicted molar refractivity (Wildman–Crippen MR) is 66.8 cm³/mol. The Morgan fingerprint density at radius 2 is 2.25 bits per heavy atom. The van der Waals surface area contributed by atoms with Crippen molar-refractivity contribution in [3.05, 3.63) is 32.6 Å². The lowest BCUT2D eigenvalue weighted by atomic mass is 9.92. The van der Waals surface area contributed by atoms with Gasteiger partial charge >= 0.3 is 5.69 Å². The zero-order chi connectivity index (χ0) is 15.1. The third kappa shape index (κ3) is 1.96. The number of aliphatic hydroxyl groups is 2. The molecule has 3 N–H and O–H groups in total. The maximum atomic E-state index is 11.8. The highest BCUT2D eigenvalue weighted by Crippen LogP contribution is 2.40. The lowest BCUT2D eigenvalue weighted by molar-refractivity contribution is -0.0932. The van der Waals surface area contributed by atoms with Gasteiger partial charge in [0.1, 0.15) is 18.4 Å². The van der Waals surface area contributed by atoms with E-state index in [1.807, 2.05) is 0 Å². The highest BCUT2D eigenvalue weighted by atomic mass is 16.6.